The van der Waals surface area contributed by atoms with Crippen LogP contribution in [-0.4, -0.2) is 14.1 Å². The van der Waals surface area contributed by atoms with E-state index in [1.807, 2.05) is 6.20 Å². The number of ether oxygens (including phenoxy) is 1. The molecule has 0 fully saturated rings. The summed E-state index contributed by atoms with van der Waals surface area (Å²) in [4.78, 5) is 5.03. The minimum Gasteiger partial charge on any atom is -0.458 e. The van der Waals surface area contributed by atoms with Gasteiger partial charge in [0, 0.05) is 40.1 Å². The zero-order valence-corrected chi connectivity index (χ0v) is 45.0. The second-order valence-corrected chi connectivity index (χ2v) is 23.3. The quantitative estimate of drug-likeness (QED) is 0.0956. The van der Waals surface area contributed by atoms with Gasteiger partial charge >= 0.3 is 0 Å². The predicted octanol–water partition coefficient (Wildman–Crippen LogP) is 17.4. The van der Waals surface area contributed by atoms with E-state index in [-0.39, 0.29) is 10.8 Å². The minimum absolute atomic E-state index is 0.0599. The number of hydrogen-bond acceptors (Lipinski definition) is 2. The molecular formula is C70H66N4O. The Labute approximate surface area is 443 Å². The van der Waals surface area contributed by atoms with Gasteiger partial charge in [0.05, 0.1) is 28.1 Å². The molecule has 5 heteroatoms. The molecule has 11 aromatic rings. The number of hydrogen-bond donors (Lipinski definition) is 0. The second-order valence-electron chi connectivity index (χ2n) is 23.3. The molecule has 5 nitrogen and oxygen atoms in total. The Morgan fingerprint density at radius 3 is 1.68 bits per heavy atom. The number of nitrogens with zero attached hydrogens (tertiary/aromatic N) is 4. The molecule has 0 radical (unpaired) electrons. The number of rotatable bonds is 11. The van der Waals surface area contributed by atoms with Gasteiger partial charge < -0.3 is 4.74 Å². The summed E-state index contributed by atoms with van der Waals surface area (Å²) in [5.74, 6) is 2.33. The van der Waals surface area contributed by atoms with Crippen LogP contribution < -0.4 is 9.30 Å². The van der Waals surface area contributed by atoms with Gasteiger partial charge in [0.2, 0.25) is 0 Å². The van der Waals surface area contributed by atoms with E-state index in [4.69, 9.17) is 9.72 Å². The van der Waals surface area contributed by atoms with Gasteiger partial charge in [0.15, 0.2) is 0 Å². The van der Waals surface area contributed by atoms with Gasteiger partial charge in [-0.3, -0.25) is 13.7 Å². The Bertz CT molecular complexity index is 3850. The fraction of sp³-hybridized carbons (Fsp3) is 0.200. The Balaban J connectivity index is 1.11. The lowest BCUT2D eigenvalue weighted by molar-refractivity contribution is -0.599. The number of imidazole rings is 1. The minimum atomic E-state index is -0.434. The van der Waals surface area contributed by atoms with Crippen molar-refractivity contribution < 1.29 is 9.30 Å². The maximum Gasteiger partial charge on any atom is 0.269 e. The van der Waals surface area contributed by atoms with Crippen LogP contribution in [-0.2, 0) is 21.7 Å². The second kappa shape index (κ2) is 18.9. The van der Waals surface area contributed by atoms with E-state index in [1.165, 1.54) is 44.5 Å². The molecule has 0 atom stereocenters. The van der Waals surface area contributed by atoms with Crippen molar-refractivity contribution in [1.82, 2.24) is 14.1 Å². The van der Waals surface area contributed by atoms with Crippen LogP contribution in [0.5, 0.6) is 11.5 Å². The summed E-state index contributed by atoms with van der Waals surface area (Å²) in [5, 5.41) is 2.28. The van der Waals surface area contributed by atoms with Gasteiger partial charge in [-0.2, -0.15) is 0 Å². The van der Waals surface area contributed by atoms with E-state index >= 15 is 0 Å². The van der Waals surface area contributed by atoms with Crippen LogP contribution in [0.1, 0.15) is 103 Å². The molecule has 75 heavy (non-hydrogen) atoms. The molecular weight excluding hydrogens is 913 g/mol. The van der Waals surface area contributed by atoms with E-state index in [0.717, 1.165) is 61.8 Å². The van der Waals surface area contributed by atoms with Crippen LogP contribution in [0, 0.1) is 6.33 Å². The Morgan fingerprint density at radius 1 is 0.427 bits per heavy atom. The Morgan fingerprint density at radius 2 is 1.04 bits per heavy atom. The Kier molecular flexibility index (Phi) is 12.3. The van der Waals surface area contributed by atoms with Crippen molar-refractivity contribution in [3.8, 4) is 50.9 Å². The Hall–Kier alpha value is -8.28. The molecule has 11 rings (SSSR count). The van der Waals surface area contributed by atoms with E-state index in [0.29, 0.717) is 0 Å². The lowest BCUT2D eigenvalue weighted by atomic mass is 9.78. The van der Waals surface area contributed by atoms with Crippen molar-refractivity contribution in [2.45, 2.75) is 90.9 Å². The average molecular weight is 979 g/mol. The van der Waals surface area contributed by atoms with Gasteiger partial charge in [-0.1, -0.05) is 203 Å². The summed E-state index contributed by atoms with van der Waals surface area (Å²) in [6.07, 6.45) is 8.13. The highest BCUT2D eigenvalue weighted by Crippen LogP contribution is 2.42. The zero-order valence-electron chi connectivity index (χ0n) is 45.0. The van der Waals surface area contributed by atoms with Crippen molar-refractivity contribution in [3.63, 3.8) is 0 Å². The monoisotopic (exact) mass is 979 g/mol. The fourth-order valence-electron chi connectivity index (χ4n) is 10.5. The first-order valence-corrected chi connectivity index (χ1v) is 26.3. The van der Waals surface area contributed by atoms with Crippen LogP contribution in [0.2, 0.25) is 0 Å². The van der Waals surface area contributed by atoms with Crippen molar-refractivity contribution >= 4 is 21.8 Å². The third kappa shape index (κ3) is 9.49. The normalized spacial score (nSPS) is 12.4. The lowest BCUT2D eigenvalue weighted by Gasteiger charge is -2.29. The molecule has 372 valence electrons. The first-order chi connectivity index (χ1) is 35.9. The summed E-state index contributed by atoms with van der Waals surface area (Å²) in [7, 11) is 0. The molecule has 0 N–H and O–H groups in total. The first-order valence-electron chi connectivity index (χ1n) is 26.3. The highest BCUT2D eigenvalue weighted by Gasteiger charge is 2.31. The third-order valence-corrected chi connectivity index (χ3v) is 15.3. The average Bonchev–Trinajstić information content (AvgIpc) is 4.03. The van der Waals surface area contributed by atoms with E-state index in [1.54, 1.807) is 0 Å². The first kappa shape index (κ1) is 49.0. The molecule has 0 aliphatic heterocycles. The van der Waals surface area contributed by atoms with Gasteiger partial charge in [-0.15, -0.1) is 0 Å². The van der Waals surface area contributed by atoms with Crippen molar-refractivity contribution in [2.24, 2.45) is 0 Å². The maximum atomic E-state index is 7.23. The van der Waals surface area contributed by atoms with Crippen molar-refractivity contribution in [3.05, 3.63) is 258 Å². The smallest absolute Gasteiger partial charge is 0.269 e. The topological polar surface area (TPSA) is 35.9 Å². The van der Waals surface area contributed by atoms with Crippen LogP contribution in [0.25, 0.3) is 61.3 Å². The molecule has 0 bridgehead atoms. The van der Waals surface area contributed by atoms with Crippen LogP contribution in [0.3, 0.4) is 0 Å². The van der Waals surface area contributed by atoms with Gasteiger partial charge in [0.25, 0.3) is 6.33 Å². The number of fused-ring (bicyclic) bond motifs is 3. The fourth-order valence-corrected chi connectivity index (χ4v) is 10.5. The molecule has 3 heterocycles. The largest absolute Gasteiger partial charge is 0.458 e. The lowest BCUT2D eigenvalue weighted by Crippen LogP contribution is -2.29. The molecule has 0 saturated carbocycles. The summed E-state index contributed by atoms with van der Waals surface area (Å²) in [6.45, 7) is 22.8. The van der Waals surface area contributed by atoms with Crippen molar-refractivity contribution in [2.75, 3.05) is 0 Å². The summed E-state index contributed by atoms with van der Waals surface area (Å²) in [6, 6.07) is 74.2. The highest BCUT2D eigenvalue weighted by atomic mass is 16.5. The molecule has 0 saturated heterocycles. The van der Waals surface area contributed by atoms with Crippen molar-refractivity contribution in [1.29, 1.82) is 0 Å². The molecule has 0 amide bonds. The molecule has 0 aliphatic rings. The summed E-state index contributed by atoms with van der Waals surface area (Å²) < 4.78 is 14.0. The molecule has 0 aliphatic carbocycles. The predicted molar refractivity (Wildman–Crippen MR) is 310 cm³/mol. The van der Waals surface area contributed by atoms with Gasteiger partial charge in [-0.05, 0) is 128 Å². The standard InChI is InChI=1S/C70H66N4O/c1-67(2,3)54-35-36-71-66(43-54)74-63-34-31-50(48-23-15-11-16-24-48)39-62(63)61-33-32-59(45-64(61)74)75-60-42-56(69(7,8)52-27-19-13-20-28-52)41-58(44-60)73-47-72(46-65(73)70(9,10)53-29-21-14-22-30-53)57-38-51(49-25-17-12-18-26-49)37-55(40-57)68(4,5)6/h11-46H,1-10H3. The summed E-state index contributed by atoms with van der Waals surface area (Å²) >= 11 is 0. The van der Waals surface area contributed by atoms with Gasteiger partial charge in [-0.25, -0.2) is 4.98 Å². The number of pyridine rings is 1. The maximum absolute atomic E-state index is 7.23. The molecule has 0 unspecified atom stereocenters. The van der Waals surface area contributed by atoms with Crippen LogP contribution in [0.4, 0.5) is 0 Å². The SMILES string of the molecule is CC(C)(C)c1cc(-c2ccccc2)cc(-[n+]2[c-]n(-c3cc(Oc4ccc5c6cc(-c7ccccc7)ccc6n(-c6cc(C(C)(C)C)ccn6)c5c4)cc(C(C)(C)c4ccccc4)c3)c(C(C)(C)c3ccccc3)c2)c1. The summed E-state index contributed by atoms with van der Waals surface area (Å²) in [5.41, 5.74) is 14.9. The highest BCUT2D eigenvalue weighted by molar-refractivity contribution is 6.10. The molecule has 0 spiro atoms. The van der Waals surface area contributed by atoms with E-state index in [2.05, 4.69) is 302 Å². The number of aromatic nitrogens is 4. The van der Waals surface area contributed by atoms with E-state index < -0.39 is 10.8 Å². The zero-order chi connectivity index (χ0) is 52.3. The van der Waals surface area contributed by atoms with Gasteiger partial charge in [0.1, 0.15) is 17.3 Å². The van der Waals surface area contributed by atoms with Crippen LogP contribution in [0.15, 0.2) is 219 Å². The van der Waals surface area contributed by atoms with Crippen LogP contribution >= 0.6 is 0 Å². The van der Waals surface area contributed by atoms with E-state index in [9.17, 15) is 0 Å². The number of benzene rings is 8. The molecule has 3 aromatic heterocycles. The third-order valence-electron chi connectivity index (χ3n) is 15.3. The molecule has 8 aromatic carbocycles.